The van der Waals surface area contributed by atoms with Crippen LogP contribution >= 0.6 is 0 Å². The Balaban J connectivity index is 2.09. The molecule has 0 aromatic heterocycles. The highest BCUT2D eigenvalue weighted by atomic mass is 16.5. The van der Waals surface area contributed by atoms with E-state index in [-0.39, 0.29) is 0 Å². The van der Waals surface area contributed by atoms with Crippen LogP contribution < -0.4 is 10.6 Å². The first-order valence-electron chi connectivity index (χ1n) is 7.88. The highest BCUT2D eigenvalue weighted by Crippen LogP contribution is 2.28. The molecule has 2 N–H and O–H groups in total. The van der Waals surface area contributed by atoms with Crippen molar-refractivity contribution in [3.8, 4) is 0 Å². The fourth-order valence-corrected chi connectivity index (χ4v) is 2.64. The number of nitrogens with zero attached hydrogens (tertiary/aromatic N) is 1. The normalized spacial score (nSPS) is 16.8. The van der Waals surface area contributed by atoms with E-state index in [1.807, 2.05) is 0 Å². The molecule has 0 bridgehead atoms. The molecule has 1 aliphatic rings. The van der Waals surface area contributed by atoms with Gasteiger partial charge in [0.15, 0.2) is 5.96 Å². The Bertz CT molecular complexity index is 238. The predicted octanol–water partition coefficient (Wildman–Crippen LogP) is 2.55. The molecule has 19 heavy (non-hydrogen) atoms. The van der Waals surface area contributed by atoms with Crippen LogP contribution in [-0.4, -0.2) is 39.3 Å². The van der Waals surface area contributed by atoms with E-state index in [1.165, 1.54) is 38.5 Å². The lowest BCUT2D eigenvalue weighted by Crippen LogP contribution is -2.38. The molecule has 1 saturated carbocycles. The molecule has 1 aliphatic carbocycles. The minimum Gasteiger partial charge on any atom is -0.385 e. The molecule has 0 saturated heterocycles. The molecule has 0 radical (unpaired) electrons. The highest BCUT2D eigenvalue weighted by molar-refractivity contribution is 5.79. The number of hydrogen-bond donors (Lipinski definition) is 2. The van der Waals surface area contributed by atoms with Gasteiger partial charge in [-0.25, -0.2) is 0 Å². The van der Waals surface area contributed by atoms with Gasteiger partial charge in [-0.3, -0.25) is 4.99 Å². The fraction of sp³-hybridized carbons (Fsp3) is 0.933. The molecule has 0 spiro atoms. The van der Waals surface area contributed by atoms with Crippen LogP contribution in [0.1, 0.15) is 51.9 Å². The van der Waals surface area contributed by atoms with Crippen LogP contribution in [-0.2, 0) is 4.74 Å². The Morgan fingerprint density at radius 1 is 1.21 bits per heavy atom. The van der Waals surface area contributed by atoms with Gasteiger partial charge in [-0.05, 0) is 32.1 Å². The summed E-state index contributed by atoms with van der Waals surface area (Å²) in [6.07, 6.45) is 9.40. The average Bonchev–Trinajstić information content (AvgIpc) is 2.92. The molecule has 0 aromatic rings. The van der Waals surface area contributed by atoms with Gasteiger partial charge in [-0.1, -0.05) is 25.7 Å². The third-order valence-electron chi connectivity index (χ3n) is 3.68. The molecule has 1 rings (SSSR count). The van der Waals surface area contributed by atoms with Crippen LogP contribution in [0.2, 0.25) is 0 Å². The van der Waals surface area contributed by atoms with Crippen molar-refractivity contribution in [3.05, 3.63) is 0 Å². The largest absolute Gasteiger partial charge is 0.385 e. The van der Waals surface area contributed by atoms with E-state index in [0.29, 0.717) is 0 Å². The van der Waals surface area contributed by atoms with Crippen LogP contribution in [0.25, 0.3) is 0 Å². The summed E-state index contributed by atoms with van der Waals surface area (Å²) >= 11 is 0. The highest BCUT2D eigenvalue weighted by Gasteiger charge is 2.13. The Kier molecular flexibility index (Phi) is 9.51. The molecular weight excluding hydrogens is 238 g/mol. The van der Waals surface area contributed by atoms with Gasteiger partial charge < -0.3 is 15.4 Å². The summed E-state index contributed by atoms with van der Waals surface area (Å²) in [6.45, 7) is 5.66. The second-order valence-electron chi connectivity index (χ2n) is 5.33. The standard InChI is InChI=1S/C15H31N3O/c1-3-16-15(18-12-7-13-19-2)17-11-6-10-14-8-4-5-9-14/h14H,3-13H2,1-2H3,(H2,16,17,18). The van der Waals surface area contributed by atoms with E-state index in [4.69, 9.17) is 4.74 Å². The SMILES string of the molecule is CCNC(=NCCCOC)NCCCC1CCCC1. The summed E-state index contributed by atoms with van der Waals surface area (Å²) in [6, 6.07) is 0. The Hall–Kier alpha value is -0.770. The van der Waals surface area contributed by atoms with Crippen LogP contribution in [0, 0.1) is 5.92 Å². The minimum atomic E-state index is 0.782. The lowest BCUT2D eigenvalue weighted by molar-refractivity contribution is 0.197. The van der Waals surface area contributed by atoms with Gasteiger partial charge in [0.05, 0.1) is 0 Å². The second kappa shape index (κ2) is 11.1. The first-order chi connectivity index (χ1) is 9.36. The zero-order valence-electron chi connectivity index (χ0n) is 12.7. The summed E-state index contributed by atoms with van der Waals surface area (Å²) in [5.41, 5.74) is 0. The number of rotatable bonds is 9. The van der Waals surface area contributed by atoms with E-state index in [0.717, 1.165) is 44.5 Å². The second-order valence-corrected chi connectivity index (χ2v) is 5.33. The van der Waals surface area contributed by atoms with Crippen LogP contribution in [0.15, 0.2) is 4.99 Å². The van der Waals surface area contributed by atoms with Crippen molar-refractivity contribution in [1.82, 2.24) is 10.6 Å². The minimum absolute atomic E-state index is 0.782. The summed E-state index contributed by atoms with van der Waals surface area (Å²) in [5, 5.41) is 6.71. The van der Waals surface area contributed by atoms with Crippen molar-refractivity contribution in [3.63, 3.8) is 0 Å². The van der Waals surface area contributed by atoms with E-state index < -0.39 is 0 Å². The number of nitrogens with one attached hydrogen (secondary N) is 2. The monoisotopic (exact) mass is 269 g/mol. The average molecular weight is 269 g/mol. The number of guanidine groups is 1. The lowest BCUT2D eigenvalue weighted by Gasteiger charge is -2.13. The van der Waals surface area contributed by atoms with Crippen molar-refractivity contribution in [1.29, 1.82) is 0 Å². The Morgan fingerprint density at radius 3 is 2.68 bits per heavy atom. The summed E-state index contributed by atoms with van der Waals surface area (Å²) in [7, 11) is 1.73. The molecule has 0 unspecified atom stereocenters. The molecule has 0 heterocycles. The first-order valence-corrected chi connectivity index (χ1v) is 7.88. The van der Waals surface area contributed by atoms with Gasteiger partial charge in [0.1, 0.15) is 0 Å². The molecule has 0 aliphatic heterocycles. The fourth-order valence-electron chi connectivity index (χ4n) is 2.64. The topological polar surface area (TPSA) is 45.7 Å². The third-order valence-corrected chi connectivity index (χ3v) is 3.68. The maximum absolute atomic E-state index is 5.03. The van der Waals surface area contributed by atoms with E-state index in [1.54, 1.807) is 7.11 Å². The number of aliphatic imine (C=N–C) groups is 1. The van der Waals surface area contributed by atoms with Crippen LogP contribution in [0.4, 0.5) is 0 Å². The van der Waals surface area contributed by atoms with Gasteiger partial charge in [-0.2, -0.15) is 0 Å². The van der Waals surface area contributed by atoms with Crippen molar-refractivity contribution in [2.24, 2.45) is 10.9 Å². The predicted molar refractivity (Wildman–Crippen MR) is 81.7 cm³/mol. The number of hydrogen-bond acceptors (Lipinski definition) is 2. The van der Waals surface area contributed by atoms with Crippen molar-refractivity contribution in [2.45, 2.75) is 51.9 Å². The summed E-state index contributed by atoms with van der Waals surface area (Å²) < 4.78 is 5.03. The molecule has 112 valence electrons. The van der Waals surface area contributed by atoms with E-state index >= 15 is 0 Å². The molecule has 0 amide bonds. The Labute approximate surface area is 118 Å². The van der Waals surface area contributed by atoms with Crippen LogP contribution in [0.5, 0.6) is 0 Å². The zero-order chi connectivity index (χ0) is 13.8. The first kappa shape index (κ1) is 16.3. The van der Waals surface area contributed by atoms with Gasteiger partial charge in [0, 0.05) is 33.4 Å². The van der Waals surface area contributed by atoms with Gasteiger partial charge >= 0.3 is 0 Å². The Morgan fingerprint density at radius 2 is 2.00 bits per heavy atom. The summed E-state index contributed by atoms with van der Waals surface area (Å²) in [4.78, 5) is 4.53. The lowest BCUT2D eigenvalue weighted by atomic mass is 10.0. The maximum Gasteiger partial charge on any atom is 0.191 e. The smallest absolute Gasteiger partial charge is 0.191 e. The molecular formula is C15H31N3O. The van der Waals surface area contributed by atoms with E-state index in [9.17, 15) is 0 Å². The van der Waals surface area contributed by atoms with Crippen molar-refractivity contribution in [2.75, 3.05) is 33.4 Å². The number of ether oxygens (including phenoxy) is 1. The summed E-state index contributed by atoms with van der Waals surface area (Å²) in [5.74, 6) is 1.94. The zero-order valence-corrected chi connectivity index (χ0v) is 12.7. The third kappa shape index (κ3) is 8.09. The van der Waals surface area contributed by atoms with Gasteiger partial charge in [-0.15, -0.1) is 0 Å². The quantitative estimate of drug-likeness (QED) is 0.384. The molecule has 0 aromatic carbocycles. The van der Waals surface area contributed by atoms with Gasteiger partial charge in [0.25, 0.3) is 0 Å². The molecule has 4 heteroatoms. The molecule has 4 nitrogen and oxygen atoms in total. The van der Waals surface area contributed by atoms with E-state index in [2.05, 4.69) is 22.5 Å². The van der Waals surface area contributed by atoms with Crippen molar-refractivity contribution >= 4 is 5.96 Å². The van der Waals surface area contributed by atoms with Crippen LogP contribution in [0.3, 0.4) is 0 Å². The molecule has 0 atom stereocenters. The van der Waals surface area contributed by atoms with Crippen molar-refractivity contribution < 1.29 is 4.74 Å². The van der Waals surface area contributed by atoms with Gasteiger partial charge in [0.2, 0.25) is 0 Å². The number of methoxy groups -OCH3 is 1. The molecule has 1 fully saturated rings. The maximum atomic E-state index is 5.03.